The molecule has 782 valence electrons. The topological polar surface area (TPSA) is 473 Å². The highest BCUT2D eigenvalue weighted by atomic mass is 16.5. The molecule has 0 fully saturated rings. The highest BCUT2D eigenvalue weighted by Crippen LogP contribution is 2.42. The number of Topliss-reactive ketones (excluding diaryl/α,β-unsaturated/α-hetero) is 7. The number of unbranched alkanes of at least 4 members (excludes halogenated alkanes) is 10. The number of carbonyl (C=O) groups is 19. The molecule has 0 saturated heterocycles. The van der Waals surface area contributed by atoms with E-state index in [9.17, 15) is 91.1 Å². The summed E-state index contributed by atoms with van der Waals surface area (Å²) in [6, 6.07) is 35.7. The van der Waals surface area contributed by atoms with Crippen LogP contribution in [-0.2, 0) is 90.7 Å². The number of ketones is 12. The van der Waals surface area contributed by atoms with Gasteiger partial charge >= 0.3 is 0 Å². The summed E-state index contributed by atoms with van der Waals surface area (Å²) < 4.78 is 39.2. The lowest BCUT2D eigenvalue weighted by Crippen LogP contribution is -2.23. The van der Waals surface area contributed by atoms with E-state index in [2.05, 4.69) is 64.2 Å². The van der Waals surface area contributed by atoms with Gasteiger partial charge in [0.05, 0.1) is 126 Å². The zero-order valence-electron chi connectivity index (χ0n) is 86.8. The van der Waals surface area contributed by atoms with E-state index in [0.717, 1.165) is 82.6 Å². The smallest absolute Gasteiger partial charge is 0.235 e. The zero-order chi connectivity index (χ0) is 110. The number of carbonyl (C=O) groups excluding carboxylic acids is 19. The van der Waals surface area contributed by atoms with Crippen LogP contribution in [0.25, 0.3) is 40.3 Å². The second-order valence-corrected chi connectivity index (χ2v) is 34.9. The molecule has 149 heavy (non-hydrogen) atoms. The Morgan fingerprint density at radius 3 is 0.758 bits per heavy atom. The lowest BCUT2D eigenvalue weighted by Gasteiger charge is -2.23. The number of nitrogens with one attached hydrogen (secondary N) is 7. The quantitative estimate of drug-likeness (QED) is 0.0110. The summed E-state index contributed by atoms with van der Waals surface area (Å²) in [5.74, 6) is -5.45. The number of hydrogen-bond donors (Lipinski definition) is 7. The molecular formula is C116H127N7O26. The van der Waals surface area contributed by atoms with Crippen LogP contribution in [0.15, 0.2) is 194 Å². The number of hydrogen-bond acceptors (Lipinski definition) is 26. The molecule has 0 radical (unpaired) electrons. The second-order valence-electron chi connectivity index (χ2n) is 34.9. The number of allylic oxidation sites excluding steroid dienone is 9. The fourth-order valence-corrected chi connectivity index (χ4v) is 16.2. The maximum absolute atomic E-state index is 12.4. The third kappa shape index (κ3) is 31.6. The average Bonchev–Trinajstić information content (AvgIpc) is 0.776. The van der Waals surface area contributed by atoms with Gasteiger partial charge in [-0.15, -0.1) is 0 Å². The molecule has 0 aromatic heterocycles. The Hall–Kier alpha value is -16.9. The molecule has 0 unspecified atom stereocenters. The standard InChI is InChI=1S/C20H25NO4.C18H21NO4.C17H19NO4.2C16H17NO4.C15H15NO3.C14H13NO3/c1-3-4-5-6-7-8-12-25-18-13-17(23)20(24)19-15(18)10-9-11-16(19)21-14(2)22;1-3-4-5-6-10-23-16-11-15(21)18(22)17-13(16)8-7-9-14(17)19-12(2)20;1-4-11(5-2)22-15-9-14(20)17(21)16-12(15)7-6-8-13(16)18-10(3)19;2*1-3-4-8-21-14-9-13(19)16(20)15-11(14)6-5-7-12(15)17-10(2)18;1-8-9(2)15(19-4)11-6-5-7-12(16-10(3)17)13(11)14(8)18;1-8-7-12(18-3)10-5-4-6-11(15-9(2)16)13(10)14(8)17/h9-11,13H,3-8,12H2,1-2H3,(H,21,22);7-9,11H,3-6,10H2,1-2H3,(H,19,20);6-9,11H,4-5H2,1-3H3,(H,18,19);2*5-7,9H,3-4,8H2,1-2H3,(H,17,18);5-7H,1H2,2-4H3,(H,16,17);4-7H,1H2,2-3H3,(H,15,16). The van der Waals surface area contributed by atoms with Crippen molar-refractivity contribution in [1.82, 2.24) is 0 Å². The minimum Gasteiger partial charge on any atom is -0.496 e. The van der Waals surface area contributed by atoms with Crippen LogP contribution in [-0.4, -0.2) is 158 Å². The van der Waals surface area contributed by atoms with Crippen molar-refractivity contribution in [2.24, 2.45) is 0 Å². The van der Waals surface area contributed by atoms with E-state index in [-0.39, 0.29) is 86.8 Å². The normalized spacial score (nSPS) is 13.6. The molecule has 0 saturated carbocycles. The van der Waals surface area contributed by atoms with Crippen LogP contribution in [0.4, 0.5) is 39.8 Å². The van der Waals surface area contributed by atoms with Crippen LogP contribution in [0.2, 0.25) is 0 Å². The third-order valence-corrected chi connectivity index (χ3v) is 23.3. The fraction of sp³-hybridized carbons (Fsp3) is 0.319. The number of anilines is 7. The van der Waals surface area contributed by atoms with Crippen LogP contribution < -0.4 is 37.2 Å². The van der Waals surface area contributed by atoms with E-state index in [1.807, 2.05) is 27.7 Å². The first-order valence-electron chi connectivity index (χ1n) is 49.2. The summed E-state index contributed by atoms with van der Waals surface area (Å²) in [5, 5.41) is 18.3. The fourth-order valence-electron chi connectivity index (χ4n) is 16.2. The van der Waals surface area contributed by atoms with Crippen LogP contribution >= 0.6 is 0 Å². The predicted molar refractivity (Wildman–Crippen MR) is 570 cm³/mol. The molecule has 33 heteroatoms. The Balaban J connectivity index is 0.000000212. The summed E-state index contributed by atoms with van der Waals surface area (Å²) in [6.45, 7) is 33.2. The SMILES string of the molecule is C=C1C(=O)c2c(NC(C)=O)cccc2C(OC)=C1C.C=C1C=C(OC)c2cccc(NC(C)=O)c2C1=O.CCC(CC)OC1=CC(=O)C(=O)c2c(NC(C)=O)cccc21.CCCCCCCCOC1=CC(=O)C(=O)c2c(NC(C)=O)cccc21.CCCCCCOC1=CC(=O)C(=O)c2c(NC(C)=O)cccc21.CCCCOC1=CC(=O)C(=O)c2c(NC(C)=O)cccc21.CCCCOC1=CC(=O)C(=O)c2c(NC(C)=O)cccc21. The van der Waals surface area contributed by atoms with Crippen molar-refractivity contribution in [3.63, 3.8) is 0 Å². The van der Waals surface area contributed by atoms with Crippen LogP contribution in [0.3, 0.4) is 0 Å². The average molecular weight is 2040 g/mol. The van der Waals surface area contributed by atoms with Crippen molar-refractivity contribution in [1.29, 1.82) is 0 Å². The van der Waals surface area contributed by atoms with Crippen LogP contribution in [0.5, 0.6) is 0 Å². The maximum atomic E-state index is 12.4. The van der Waals surface area contributed by atoms with E-state index in [4.69, 9.17) is 33.2 Å². The van der Waals surface area contributed by atoms with Gasteiger partial charge in [0.1, 0.15) is 40.3 Å². The molecule has 7 aliphatic rings. The number of rotatable bonds is 35. The van der Waals surface area contributed by atoms with Crippen molar-refractivity contribution in [2.45, 2.75) is 206 Å². The van der Waals surface area contributed by atoms with Gasteiger partial charge in [0.25, 0.3) is 0 Å². The lowest BCUT2D eigenvalue weighted by molar-refractivity contribution is -0.115. The Labute approximate surface area is 865 Å². The van der Waals surface area contributed by atoms with Crippen LogP contribution in [0, 0.1) is 0 Å². The molecule has 7 amide bonds. The minimum absolute atomic E-state index is 0.0236. The molecule has 7 aliphatic carbocycles. The van der Waals surface area contributed by atoms with Crippen molar-refractivity contribution in [2.75, 3.05) is 77.9 Å². The highest BCUT2D eigenvalue weighted by Gasteiger charge is 2.38. The molecule has 0 spiro atoms. The van der Waals surface area contributed by atoms with E-state index in [0.29, 0.717) is 168 Å². The molecule has 14 rings (SSSR count). The molecule has 0 bridgehead atoms. The van der Waals surface area contributed by atoms with Gasteiger partial charge in [-0.25, -0.2) is 0 Å². The Morgan fingerprint density at radius 1 is 0.268 bits per heavy atom. The molecule has 7 aromatic rings. The van der Waals surface area contributed by atoms with Gasteiger partial charge in [-0.2, -0.15) is 0 Å². The van der Waals surface area contributed by atoms with Gasteiger partial charge in [0, 0.05) is 135 Å². The summed E-state index contributed by atoms with van der Waals surface area (Å²) in [4.78, 5) is 223. The Bertz CT molecular complexity index is 6590. The molecule has 7 aromatic carbocycles. The summed E-state index contributed by atoms with van der Waals surface area (Å²) in [7, 11) is 3.08. The van der Waals surface area contributed by atoms with Gasteiger partial charge in [0.2, 0.25) is 99.2 Å². The lowest BCUT2D eigenvalue weighted by atomic mass is 9.86. The monoisotopic (exact) mass is 2030 g/mol. The summed E-state index contributed by atoms with van der Waals surface area (Å²) in [5.41, 5.74) is 10.1. The third-order valence-electron chi connectivity index (χ3n) is 23.3. The van der Waals surface area contributed by atoms with Gasteiger partial charge in [-0.3, -0.25) is 91.1 Å². The van der Waals surface area contributed by atoms with E-state index in [1.54, 1.807) is 148 Å². The number of methoxy groups -OCH3 is 2. The highest BCUT2D eigenvalue weighted by molar-refractivity contribution is 6.54. The van der Waals surface area contributed by atoms with E-state index in [1.165, 1.54) is 112 Å². The van der Waals surface area contributed by atoms with Gasteiger partial charge in [0.15, 0.2) is 11.6 Å². The Morgan fingerprint density at radius 2 is 0.497 bits per heavy atom. The van der Waals surface area contributed by atoms with Gasteiger partial charge in [-0.05, 0) is 94.0 Å². The largest absolute Gasteiger partial charge is 0.496 e. The maximum Gasteiger partial charge on any atom is 0.235 e. The number of benzene rings is 7. The van der Waals surface area contributed by atoms with Crippen LogP contribution in [0.1, 0.15) is 311 Å². The number of fused-ring (bicyclic) bond motifs is 7. The van der Waals surface area contributed by atoms with E-state index < -0.39 is 57.8 Å². The first-order valence-corrected chi connectivity index (χ1v) is 49.2. The van der Waals surface area contributed by atoms with Gasteiger partial charge < -0.3 is 70.4 Å². The molecule has 0 heterocycles. The first kappa shape index (κ1) is 117. The minimum atomic E-state index is -0.633. The molecule has 0 atom stereocenters. The molecule has 7 N–H and O–H groups in total. The first-order chi connectivity index (χ1) is 71.1. The van der Waals surface area contributed by atoms with Crippen molar-refractivity contribution >= 4 is 191 Å². The van der Waals surface area contributed by atoms with E-state index >= 15 is 0 Å². The molecular weight excluding hydrogens is 1910 g/mol. The Kier molecular flexibility index (Phi) is 45.0. The second kappa shape index (κ2) is 57.1. The predicted octanol–water partition coefficient (Wildman–Crippen LogP) is 20.7. The zero-order valence-corrected chi connectivity index (χ0v) is 86.8. The van der Waals surface area contributed by atoms with Crippen molar-refractivity contribution < 1.29 is 124 Å². The number of ether oxygens (including phenoxy) is 7. The number of amides is 7. The van der Waals surface area contributed by atoms with Crippen molar-refractivity contribution in [3.8, 4) is 0 Å². The van der Waals surface area contributed by atoms with Crippen molar-refractivity contribution in [3.05, 3.63) is 272 Å². The summed E-state index contributed by atoms with van der Waals surface area (Å²) >= 11 is 0. The molecule has 0 aliphatic heterocycles. The summed E-state index contributed by atoms with van der Waals surface area (Å²) in [6.07, 6.45) is 24.1. The van der Waals surface area contributed by atoms with Gasteiger partial charge in [-0.1, -0.05) is 204 Å². The molecule has 33 nitrogen and oxygen atoms in total.